The third-order valence-electron chi connectivity index (χ3n) is 3.78. The van der Waals surface area contributed by atoms with Gasteiger partial charge in [0.15, 0.2) is 6.29 Å². The average Bonchev–Trinajstić information content (AvgIpc) is 2.86. The lowest BCUT2D eigenvalue weighted by atomic mass is 10.1. The summed E-state index contributed by atoms with van der Waals surface area (Å²) in [6.45, 7) is 0.550. The van der Waals surface area contributed by atoms with Crippen molar-refractivity contribution in [2.45, 2.75) is 19.0 Å². The van der Waals surface area contributed by atoms with E-state index in [1.54, 1.807) is 19.2 Å². The van der Waals surface area contributed by atoms with Gasteiger partial charge in [-0.1, -0.05) is 23.7 Å². The van der Waals surface area contributed by atoms with E-state index in [2.05, 4.69) is 10.6 Å². The fraction of sp³-hybridized carbons (Fsp3) is 0.250. The molecule has 0 fully saturated rings. The molecule has 1 aliphatic rings. The lowest BCUT2D eigenvalue weighted by molar-refractivity contribution is -0.137. The topological polar surface area (TPSA) is 27.3 Å². The summed E-state index contributed by atoms with van der Waals surface area (Å²) in [5.41, 5.74) is 1.55. The third kappa shape index (κ3) is 3.23. The summed E-state index contributed by atoms with van der Waals surface area (Å²) in [5.74, 6) is 0. The maximum Gasteiger partial charge on any atom is 0.416 e. The van der Waals surface area contributed by atoms with Crippen LogP contribution in [0.1, 0.15) is 11.1 Å². The molecular weight excluding hydrogens is 327 g/mol. The van der Waals surface area contributed by atoms with Gasteiger partial charge in [-0.3, -0.25) is 5.32 Å². The fourth-order valence-electron chi connectivity index (χ4n) is 2.63. The second-order valence-electron chi connectivity index (χ2n) is 5.32. The summed E-state index contributed by atoms with van der Waals surface area (Å²) in [7, 11) is 1.75. The molecule has 0 aliphatic carbocycles. The Labute approximate surface area is 137 Å². The van der Waals surface area contributed by atoms with E-state index in [-0.39, 0.29) is 6.29 Å². The van der Waals surface area contributed by atoms with Gasteiger partial charge < -0.3 is 10.2 Å². The van der Waals surface area contributed by atoms with Crippen molar-refractivity contribution in [3.05, 3.63) is 58.6 Å². The van der Waals surface area contributed by atoms with Crippen LogP contribution in [0.4, 0.5) is 24.5 Å². The highest BCUT2D eigenvalue weighted by atomic mass is 35.5. The van der Waals surface area contributed by atoms with Gasteiger partial charge in [-0.25, -0.2) is 0 Å². The van der Waals surface area contributed by atoms with Gasteiger partial charge in [-0.05, 0) is 42.9 Å². The van der Waals surface area contributed by atoms with E-state index in [4.69, 9.17) is 11.6 Å². The number of nitrogens with one attached hydrogen (secondary N) is 2. The SMILES string of the molecule is CNC1Nc2cc(C(F)(F)F)ccc2N1Cc1ccc(Cl)cc1. The summed E-state index contributed by atoms with van der Waals surface area (Å²) < 4.78 is 38.5. The van der Waals surface area contributed by atoms with Gasteiger partial charge in [-0.15, -0.1) is 0 Å². The molecule has 3 nitrogen and oxygen atoms in total. The Morgan fingerprint density at radius 1 is 1.17 bits per heavy atom. The molecule has 2 aromatic carbocycles. The van der Waals surface area contributed by atoms with Gasteiger partial charge in [0.1, 0.15) is 0 Å². The quantitative estimate of drug-likeness (QED) is 0.872. The smallest absolute Gasteiger partial charge is 0.351 e. The lowest BCUT2D eigenvalue weighted by Crippen LogP contribution is -2.44. The molecule has 122 valence electrons. The molecule has 1 heterocycles. The first-order valence-electron chi connectivity index (χ1n) is 7.04. The van der Waals surface area contributed by atoms with E-state index < -0.39 is 11.7 Å². The van der Waals surface area contributed by atoms with Gasteiger partial charge in [0.2, 0.25) is 0 Å². The second-order valence-corrected chi connectivity index (χ2v) is 5.76. The molecule has 1 aliphatic heterocycles. The van der Waals surface area contributed by atoms with Crippen LogP contribution in [0, 0.1) is 0 Å². The Hall–Kier alpha value is -1.92. The van der Waals surface area contributed by atoms with Crippen LogP contribution in [-0.4, -0.2) is 13.3 Å². The Bertz CT molecular complexity index is 701. The molecule has 2 aromatic rings. The molecule has 23 heavy (non-hydrogen) atoms. The van der Waals surface area contributed by atoms with Crippen molar-refractivity contribution in [3.63, 3.8) is 0 Å². The van der Waals surface area contributed by atoms with Crippen LogP contribution in [0.3, 0.4) is 0 Å². The highest BCUT2D eigenvalue weighted by Crippen LogP contribution is 2.39. The second kappa shape index (κ2) is 5.94. The molecule has 1 atom stereocenters. The molecule has 0 bridgehead atoms. The zero-order valence-electron chi connectivity index (χ0n) is 12.3. The number of hydrogen-bond donors (Lipinski definition) is 2. The van der Waals surface area contributed by atoms with Crippen LogP contribution in [0.15, 0.2) is 42.5 Å². The van der Waals surface area contributed by atoms with Crippen molar-refractivity contribution in [1.29, 1.82) is 0 Å². The van der Waals surface area contributed by atoms with E-state index in [9.17, 15) is 13.2 Å². The lowest BCUT2D eigenvalue weighted by Gasteiger charge is -2.26. The summed E-state index contributed by atoms with van der Waals surface area (Å²) >= 11 is 5.88. The monoisotopic (exact) mass is 341 g/mol. The van der Waals surface area contributed by atoms with E-state index in [1.165, 1.54) is 6.07 Å². The standard InChI is InChI=1S/C16H15ClF3N3/c1-21-15-22-13-8-11(16(18,19)20)4-7-14(13)23(15)9-10-2-5-12(17)6-3-10/h2-8,15,21-22H,9H2,1H3. The first-order valence-corrected chi connectivity index (χ1v) is 7.42. The minimum Gasteiger partial charge on any atom is -0.351 e. The fourth-order valence-corrected chi connectivity index (χ4v) is 2.76. The van der Waals surface area contributed by atoms with Gasteiger partial charge >= 0.3 is 6.18 Å². The van der Waals surface area contributed by atoms with Crippen LogP contribution >= 0.6 is 11.6 Å². The van der Waals surface area contributed by atoms with Crippen LogP contribution in [0.25, 0.3) is 0 Å². The van der Waals surface area contributed by atoms with Crippen molar-refractivity contribution >= 4 is 23.0 Å². The Morgan fingerprint density at radius 2 is 1.87 bits per heavy atom. The summed E-state index contributed by atoms with van der Waals surface area (Å²) in [6, 6.07) is 11.1. The number of alkyl halides is 3. The first kappa shape index (κ1) is 16.0. The molecule has 1 unspecified atom stereocenters. The summed E-state index contributed by atoms with van der Waals surface area (Å²) in [6.07, 6.45) is -4.63. The van der Waals surface area contributed by atoms with Crippen LogP contribution < -0.4 is 15.5 Å². The Morgan fingerprint density at radius 3 is 2.48 bits per heavy atom. The number of fused-ring (bicyclic) bond motifs is 1. The maximum absolute atomic E-state index is 12.8. The maximum atomic E-state index is 12.8. The van der Waals surface area contributed by atoms with E-state index in [0.29, 0.717) is 17.3 Å². The van der Waals surface area contributed by atoms with E-state index in [1.807, 2.05) is 17.0 Å². The molecule has 0 spiro atoms. The van der Waals surface area contributed by atoms with Crippen molar-refractivity contribution in [2.75, 3.05) is 17.3 Å². The highest BCUT2D eigenvalue weighted by Gasteiger charge is 2.34. The van der Waals surface area contributed by atoms with E-state index >= 15 is 0 Å². The number of anilines is 2. The van der Waals surface area contributed by atoms with Crippen molar-refractivity contribution in [1.82, 2.24) is 5.32 Å². The summed E-state index contributed by atoms with van der Waals surface area (Å²) in [5, 5.41) is 6.77. The number of hydrogen-bond acceptors (Lipinski definition) is 3. The molecule has 7 heteroatoms. The highest BCUT2D eigenvalue weighted by molar-refractivity contribution is 6.30. The molecule has 3 rings (SSSR count). The molecule has 0 amide bonds. The Kier molecular flexibility index (Phi) is 4.12. The van der Waals surface area contributed by atoms with Gasteiger partial charge in [0, 0.05) is 11.6 Å². The van der Waals surface area contributed by atoms with Crippen LogP contribution in [0.2, 0.25) is 5.02 Å². The van der Waals surface area contributed by atoms with Crippen molar-refractivity contribution in [2.24, 2.45) is 0 Å². The number of rotatable bonds is 3. The van der Waals surface area contributed by atoms with Gasteiger partial charge in [-0.2, -0.15) is 13.2 Å². The van der Waals surface area contributed by atoms with Gasteiger partial charge in [0.05, 0.1) is 16.9 Å². The average molecular weight is 342 g/mol. The largest absolute Gasteiger partial charge is 0.416 e. The zero-order chi connectivity index (χ0) is 16.6. The van der Waals surface area contributed by atoms with Crippen LogP contribution in [0.5, 0.6) is 0 Å². The Balaban J connectivity index is 1.91. The number of benzene rings is 2. The van der Waals surface area contributed by atoms with Crippen LogP contribution in [-0.2, 0) is 12.7 Å². The molecule has 0 saturated carbocycles. The molecule has 0 radical (unpaired) electrons. The normalized spacial score (nSPS) is 17.1. The molecule has 0 aromatic heterocycles. The minimum absolute atomic E-state index is 0.274. The van der Waals surface area contributed by atoms with Gasteiger partial charge in [0.25, 0.3) is 0 Å². The zero-order valence-corrected chi connectivity index (χ0v) is 13.0. The van der Waals surface area contributed by atoms with E-state index in [0.717, 1.165) is 23.4 Å². The van der Waals surface area contributed by atoms with Crippen molar-refractivity contribution in [3.8, 4) is 0 Å². The number of halogens is 4. The molecule has 2 N–H and O–H groups in total. The predicted molar refractivity (Wildman–Crippen MR) is 85.5 cm³/mol. The minimum atomic E-state index is -4.35. The third-order valence-corrected chi connectivity index (χ3v) is 4.03. The number of nitrogens with zero attached hydrogens (tertiary/aromatic N) is 1. The first-order chi connectivity index (χ1) is 10.9. The molecule has 0 saturated heterocycles. The predicted octanol–water partition coefficient (Wildman–Crippen LogP) is 4.29. The summed E-state index contributed by atoms with van der Waals surface area (Å²) in [4.78, 5) is 1.97. The molecular formula is C16H15ClF3N3. The van der Waals surface area contributed by atoms with Crippen molar-refractivity contribution < 1.29 is 13.2 Å².